The Bertz CT molecular complexity index is 636. The summed E-state index contributed by atoms with van der Waals surface area (Å²) < 4.78 is 0. The molecule has 2 aromatic carbocycles. The average Bonchev–Trinajstić information content (AvgIpc) is 2.45. The third-order valence-corrected chi connectivity index (χ3v) is 3.30. The first kappa shape index (κ1) is 16.4. The monoisotopic (exact) mass is 314 g/mol. The predicted octanol–water partition coefficient (Wildman–Crippen LogP) is 3.01. The Kier molecular flexibility index (Phi) is 5.11. The second-order valence-corrected chi connectivity index (χ2v) is 6.81. The molecule has 0 heterocycles. The topological polar surface area (TPSA) is 76.4 Å². The molecule has 0 aliphatic heterocycles. The van der Waals surface area contributed by atoms with E-state index < -0.39 is 0 Å². The van der Waals surface area contributed by atoms with E-state index in [0.29, 0.717) is 0 Å². The lowest BCUT2D eigenvalue weighted by Crippen LogP contribution is -2.32. The van der Waals surface area contributed by atoms with E-state index in [1.165, 1.54) is 5.56 Å². The third kappa shape index (κ3) is 5.09. The highest BCUT2D eigenvalue weighted by Crippen LogP contribution is 2.23. The van der Waals surface area contributed by atoms with Crippen molar-refractivity contribution in [3.63, 3.8) is 0 Å². The fourth-order valence-electron chi connectivity index (χ4n) is 2.01. The lowest BCUT2D eigenvalue weighted by Gasteiger charge is -2.19. The summed E-state index contributed by atoms with van der Waals surface area (Å²) in [5.74, 6) is 0.0664. The molecular formula is C17H22N4S. The van der Waals surface area contributed by atoms with Crippen molar-refractivity contribution in [2.24, 2.45) is 16.5 Å². The lowest BCUT2D eigenvalue weighted by molar-refractivity contribution is 0.545. The van der Waals surface area contributed by atoms with E-state index in [9.17, 15) is 0 Å². The average molecular weight is 314 g/mol. The van der Waals surface area contributed by atoms with E-state index in [2.05, 4.69) is 47.2 Å². The Hall–Kier alpha value is -1.98. The lowest BCUT2D eigenvalue weighted by atomic mass is 10.0. The van der Waals surface area contributed by atoms with Crippen LogP contribution in [0.4, 0.5) is 5.69 Å². The van der Waals surface area contributed by atoms with Gasteiger partial charge < -0.3 is 11.5 Å². The van der Waals surface area contributed by atoms with E-state index in [1.54, 1.807) is 0 Å². The Morgan fingerprint density at radius 3 is 1.95 bits per heavy atom. The van der Waals surface area contributed by atoms with Crippen molar-refractivity contribution < 1.29 is 0 Å². The molecule has 0 aliphatic rings. The molecule has 22 heavy (non-hydrogen) atoms. The van der Waals surface area contributed by atoms with Crippen molar-refractivity contribution in [1.82, 2.24) is 5.32 Å². The number of nitrogens with two attached hydrogens (primary N) is 2. The molecule has 5 heteroatoms. The molecule has 2 aromatic rings. The van der Waals surface area contributed by atoms with Crippen LogP contribution in [0.2, 0.25) is 0 Å². The zero-order chi connectivity index (χ0) is 16.2. The van der Waals surface area contributed by atoms with Crippen LogP contribution < -0.4 is 16.8 Å². The van der Waals surface area contributed by atoms with Gasteiger partial charge in [0, 0.05) is 6.54 Å². The number of guanidine groups is 1. The molecule has 0 aliphatic carbocycles. The number of nitrogens with one attached hydrogen (secondary N) is 1. The van der Waals surface area contributed by atoms with Crippen LogP contribution in [0.25, 0.3) is 11.1 Å². The van der Waals surface area contributed by atoms with Crippen molar-refractivity contribution in [1.29, 1.82) is 0 Å². The Morgan fingerprint density at radius 1 is 1.00 bits per heavy atom. The van der Waals surface area contributed by atoms with Crippen LogP contribution in [0.15, 0.2) is 53.5 Å². The first-order valence-corrected chi connectivity index (χ1v) is 7.55. The van der Waals surface area contributed by atoms with Crippen LogP contribution in [0.3, 0.4) is 0 Å². The van der Waals surface area contributed by atoms with Crippen LogP contribution in [-0.2, 0) is 6.54 Å². The molecule has 0 saturated carbocycles. The van der Waals surface area contributed by atoms with Crippen molar-refractivity contribution in [3.05, 3.63) is 54.1 Å². The van der Waals surface area contributed by atoms with Gasteiger partial charge in [0.05, 0.1) is 10.6 Å². The number of benzene rings is 2. The molecule has 0 spiro atoms. The number of aliphatic imine (C=N–C) groups is 1. The van der Waals surface area contributed by atoms with E-state index >= 15 is 0 Å². The molecule has 0 fully saturated rings. The van der Waals surface area contributed by atoms with Gasteiger partial charge in [-0.25, -0.2) is 4.99 Å². The molecule has 0 atom stereocenters. The SMILES string of the molecule is CC(C)(S)NCc1ccc(-c2ccc(N=C(N)N)cc2)cc1. The maximum Gasteiger partial charge on any atom is 0.191 e. The van der Waals surface area contributed by atoms with Crippen LogP contribution in [0, 0.1) is 0 Å². The maximum absolute atomic E-state index is 5.37. The molecule has 5 N–H and O–H groups in total. The minimum absolute atomic E-state index is 0.0664. The summed E-state index contributed by atoms with van der Waals surface area (Å²) in [4.78, 5) is 3.83. The quantitative estimate of drug-likeness (QED) is 0.296. The van der Waals surface area contributed by atoms with Crippen LogP contribution >= 0.6 is 12.6 Å². The molecule has 0 aromatic heterocycles. The van der Waals surface area contributed by atoms with Crippen molar-refractivity contribution in [2.75, 3.05) is 0 Å². The third-order valence-electron chi connectivity index (χ3n) is 3.14. The number of rotatable bonds is 5. The Balaban J connectivity index is 2.08. The van der Waals surface area contributed by atoms with Crippen molar-refractivity contribution in [2.45, 2.75) is 25.3 Å². The normalized spacial score (nSPS) is 11.2. The largest absolute Gasteiger partial charge is 0.370 e. The highest BCUT2D eigenvalue weighted by Gasteiger charge is 2.09. The van der Waals surface area contributed by atoms with Gasteiger partial charge in [0.1, 0.15) is 0 Å². The summed E-state index contributed by atoms with van der Waals surface area (Å²) >= 11 is 4.46. The molecule has 4 nitrogen and oxygen atoms in total. The molecule has 0 radical (unpaired) electrons. The number of hydrogen-bond acceptors (Lipinski definition) is 3. The Labute approximate surface area is 137 Å². The van der Waals surface area contributed by atoms with E-state index in [0.717, 1.165) is 23.4 Å². The fourth-order valence-corrected chi connectivity index (χ4v) is 2.09. The van der Waals surface area contributed by atoms with Gasteiger partial charge in [0.2, 0.25) is 0 Å². The van der Waals surface area contributed by atoms with E-state index in [-0.39, 0.29) is 10.8 Å². The fraction of sp³-hybridized carbons (Fsp3) is 0.235. The Morgan fingerprint density at radius 2 is 1.50 bits per heavy atom. The molecule has 0 bridgehead atoms. The number of hydrogen-bond donors (Lipinski definition) is 4. The summed E-state index contributed by atoms with van der Waals surface area (Å²) in [5.41, 5.74) is 15.0. The van der Waals surface area contributed by atoms with E-state index in [4.69, 9.17) is 11.5 Å². The van der Waals surface area contributed by atoms with Gasteiger partial charge in [-0.3, -0.25) is 5.32 Å². The van der Waals surface area contributed by atoms with Crippen molar-refractivity contribution in [3.8, 4) is 11.1 Å². The summed E-state index contributed by atoms with van der Waals surface area (Å²) in [7, 11) is 0. The molecule has 0 saturated heterocycles. The highest BCUT2D eigenvalue weighted by molar-refractivity contribution is 7.81. The van der Waals surface area contributed by atoms with Crippen LogP contribution in [-0.4, -0.2) is 10.8 Å². The zero-order valence-electron chi connectivity index (χ0n) is 12.9. The maximum atomic E-state index is 5.37. The number of thiol groups is 1. The molecule has 116 valence electrons. The van der Waals surface area contributed by atoms with Gasteiger partial charge in [-0.15, -0.1) is 0 Å². The minimum atomic E-state index is -0.181. The van der Waals surface area contributed by atoms with Crippen molar-refractivity contribution >= 4 is 24.3 Å². The van der Waals surface area contributed by atoms with Gasteiger partial charge in [-0.1, -0.05) is 36.4 Å². The molecule has 0 amide bonds. The summed E-state index contributed by atoms with van der Waals surface area (Å²) in [6.07, 6.45) is 0. The second kappa shape index (κ2) is 6.85. The van der Waals surface area contributed by atoms with Gasteiger partial charge in [-0.05, 0) is 42.7 Å². The molecule has 2 rings (SSSR count). The van der Waals surface area contributed by atoms with Crippen LogP contribution in [0.5, 0.6) is 0 Å². The second-order valence-electron chi connectivity index (χ2n) is 5.69. The van der Waals surface area contributed by atoms with E-state index in [1.807, 2.05) is 38.1 Å². The summed E-state index contributed by atoms with van der Waals surface area (Å²) in [5, 5.41) is 3.35. The van der Waals surface area contributed by atoms with Crippen LogP contribution in [0.1, 0.15) is 19.4 Å². The van der Waals surface area contributed by atoms with Gasteiger partial charge >= 0.3 is 0 Å². The standard InChI is InChI=1S/C17H22N4S/c1-17(2,22)20-11-12-3-5-13(6-4-12)14-7-9-15(10-8-14)21-16(18)19/h3-10,20,22H,11H2,1-2H3,(H4,18,19,21). The predicted molar refractivity (Wildman–Crippen MR) is 97.3 cm³/mol. The van der Waals surface area contributed by atoms with Gasteiger partial charge in [0.15, 0.2) is 5.96 Å². The smallest absolute Gasteiger partial charge is 0.191 e. The first-order chi connectivity index (χ1) is 10.3. The minimum Gasteiger partial charge on any atom is -0.370 e. The first-order valence-electron chi connectivity index (χ1n) is 7.10. The highest BCUT2D eigenvalue weighted by atomic mass is 32.1. The van der Waals surface area contributed by atoms with Gasteiger partial charge in [-0.2, -0.15) is 12.6 Å². The van der Waals surface area contributed by atoms with Gasteiger partial charge in [0.25, 0.3) is 0 Å². The number of nitrogens with zero attached hydrogens (tertiary/aromatic N) is 1. The zero-order valence-corrected chi connectivity index (χ0v) is 13.8. The molecular weight excluding hydrogens is 292 g/mol. The summed E-state index contributed by atoms with van der Waals surface area (Å²) in [6, 6.07) is 16.3. The summed E-state index contributed by atoms with van der Waals surface area (Å²) in [6.45, 7) is 4.85. The molecule has 0 unspecified atom stereocenters.